The van der Waals surface area contributed by atoms with Gasteiger partial charge in [-0.2, -0.15) is 4.91 Å². The number of hydrogen-bond donors (Lipinski definition) is 0. The van der Waals surface area contributed by atoms with Crippen molar-refractivity contribution in [2.24, 2.45) is 11.1 Å². The molecule has 2 heteroatoms. The number of hydrogen-bond acceptors (Lipinski definition) is 2. The maximum absolute atomic E-state index is 10.9. The van der Waals surface area contributed by atoms with Crippen molar-refractivity contribution >= 4 is 0 Å². The zero-order chi connectivity index (χ0) is 30.6. The van der Waals surface area contributed by atoms with Gasteiger partial charge in [0.1, 0.15) is 0 Å². The third-order valence-electron chi connectivity index (χ3n) is 10.6. The Labute approximate surface area is 272 Å². The van der Waals surface area contributed by atoms with Gasteiger partial charge in [0.05, 0.1) is 6.54 Å². The van der Waals surface area contributed by atoms with Crippen LogP contribution in [0.4, 0.5) is 0 Å². The summed E-state index contributed by atoms with van der Waals surface area (Å²) < 4.78 is 0. The molecule has 1 fully saturated rings. The molecule has 1 saturated carbocycles. The van der Waals surface area contributed by atoms with Crippen molar-refractivity contribution in [1.82, 2.24) is 0 Å². The average molecular weight is 604 g/mol. The van der Waals surface area contributed by atoms with Gasteiger partial charge in [-0.05, 0) is 18.8 Å². The SMILES string of the molecule is O=NCC1CCCCCCCCCCCCCCCCCCCCCCCCCCCCCCCCCCCCCCC1. The number of nitroso groups, excluding NO2 is 1. The van der Waals surface area contributed by atoms with Gasteiger partial charge in [-0.25, -0.2) is 0 Å². The smallest absolute Gasteiger partial charge is 0.0839 e. The number of nitrogens with zero attached hydrogens (tertiary/aromatic N) is 1. The van der Waals surface area contributed by atoms with Gasteiger partial charge in [-0.3, -0.25) is 0 Å². The fourth-order valence-corrected chi connectivity index (χ4v) is 7.49. The van der Waals surface area contributed by atoms with Crippen LogP contribution in [0, 0.1) is 10.8 Å². The Morgan fingerprint density at radius 2 is 0.395 bits per heavy atom. The first-order valence-electron chi connectivity index (χ1n) is 20.7. The van der Waals surface area contributed by atoms with E-state index in [0.717, 1.165) is 0 Å². The minimum atomic E-state index is 0.553. The molecule has 0 unspecified atom stereocenters. The molecule has 0 spiro atoms. The molecule has 2 nitrogen and oxygen atoms in total. The molecule has 256 valence electrons. The lowest BCUT2D eigenvalue weighted by Crippen LogP contribution is -2.04. The van der Waals surface area contributed by atoms with Crippen molar-refractivity contribution in [1.29, 1.82) is 0 Å². The third kappa shape index (κ3) is 32.8. The van der Waals surface area contributed by atoms with E-state index in [1.165, 1.54) is 250 Å². The summed E-state index contributed by atoms with van der Waals surface area (Å²) in [6.07, 6.45) is 56.0. The predicted octanol–water partition coefficient (Wildman–Crippen LogP) is 15.6. The normalized spacial score (nSPS) is 23.5. The highest BCUT2D eigenvalue weighted by Crippen LogP contribution is 2.21. The van der Waals surface area contributed by atoms with E-state index in [1.54, 1.807) is 0 Å². The van der Waals surface area contributed by atoms with Crippen LogP contribution in [-0.2, 0) is 0 Å². The molecular formula is C41H81NO. The van der Waals surface area contributed by atoms with E-state index >= 15 is 0 Å². The summed E-state index contributed by atoms with van der Waals surface area (Å²) >= 11 is 0. The monoisotopic (exact) mass is 604 g/mol. The van der Waals surface area contributed by atoms with E-state index in [1.807, 2.05) is 0 Å². The highest BCUT2D eigenvalue weighted by molar-refractivity contribution is 4.63. The molecule has 0 aromatic rings. The Morgan fingerprint density at radius 1 is 0.256 bits per heavy atom. The van der Waals surface area contributed by atoms with Crippen molar-refractivity contribution < 1.29 is 0 Å². The van der Waals surface area contributed by atoms with Crippen molar-refractivity contribution in [2.45, 2.75) is 250 Å². The van der Waals surface area contributed by atoms with Crippen LogP contribution < -0.4 is 0 Å². The van der Waals surface area contributed by atoms with Gasteiger partial charge >= 0.3 is 0 Å². The standard InChI is InChI=1S/C41H81NO/c43-42-40-41-38-36-34-32-30-28-26-24-22-20-18-16-14-12-10-8-6-4-2-1-3-5-7-9-11-13-15-17-19-21-23-25-27-29-31-33-35-37-39-41/h41H,1-40H2. The fraction of sp³-hybridized carbons (Fsp3) is 1.00. The topological polar surface area (TPSA) is 29.4 Å². The van der Waals surface area contributed by atoms with E-state index in [-0.39, 0.29) is 0 Å². The zero-order valence-corrected chi connectivity index (χ0v) is 29.7. The average Bonchev–Trinajstić information content (AvgIpc) is 3.01. The molecule has 0 aromatic heterocycles. The first-order valence-corrected chi connectivity index (χ1v) is 20.7. The van der Waals surface area contributed by atoms with Crippen molar-refractivity contribution in [2.75, 3.05) is 6.54 Å². The summed E-state index contributed by atoms with van der Waals surface area (Å²) in [6.45, 7) is 0.556. The number of rotatable bonds is 2. The second-order valence-corrected chi connectivity index (χ2v) is 14.8. The van der Waals surface area contributed by atoms with Crippen LogP contribution in [0.2, 0.25) is 0 Å². The Balaban J connectivity index is 2.12. The summed E-state index contributed by atoms with van der Waals surface area (Å²) in [5.41, 5.74) is 0. The molecule has 1 aliphatic rings. The van der Waals surface area contributed by atoms with Crippen LogP contribution in [0.3, 0.4) is 0 Å². The first kappa shape index (κ1) is 40.6. The lowest BCUT2D eigenvalue weighted by atomic mass is 9.94. The Bertz CT molecular complexity index is 480. The molecule has 0 saturated heterocycles. The van der Waals surface area contributed by atoms with Crippen LogP contribution >= 0.6 is 0 Å². The third-order valence-corrected chi connectivity index (χ3v) is 10.6. The minimum Gasteiger partial charge on any atom is -0.151 e. The van der Waals surface area contributed by atoms with Crippen LogP contribution in [0.1, 0.15) is 250 Å². The van der Waals surface area contributed by atoms with E-state index in [0.29, 0.717) is 12.5 Å². The molecule has 0 bridgehead atoms. The van der Waals surface area contributed by atoms with E-state index in [4.69, 9.17) is 0 Å². The molecule has 0 heterocycles. The zero-order valence-electron chi connectivity index (χ0n) is 29.7. The van der Waals surface area contributed by atoms with E-state index < -0.39 is 0 Å². The largest absolute Gasteiger partial charge is 0.151 e. The van der Waals surface area contributed by atoms with Crippen molar-refractivity contribution in [3.8, 4) is 0 Å². The quantitative estimate of drug-likeness (QED) is 0.289. The van der Waals surface area contributed by atoms with Gasteiger partial charge in [-0.15, -0.1) is 0 Å². The molecule has 0 radical (unpaired) electrons. The van der Waals surface area contributed by atoms with Crippen LogP contribution in [0.5, 0.6) is 0 Å². The molecule has 0 aliphatic heterocycles. The molecule has 0 amide bonds. The summed E-state index contributed by atoms with van der Waals surface area (Å²) in [7, 11) is 0. The molecular weight excluding hydrogens is 522 g/mol. The van der Waals surface area contributed by atoms with Crippen LogP contribution in [0.15, 0.2) is 5.18 Å². The Kier molecular flexibility index (Phi) is 34.1. The first-order chi connectivity index (χ1) is 21.4. The van der Waals surface area contributed by atoms with Gasteiger partial charge < -0.3 is 0 Å². The van der Waals surface area contributed by atoms with Gasteiger partial charge in [0, 0.05) is 0 Å². The Morgan fingerprint density at radius 3 is 0.535 bits per heavy atom. The van der Waals surface area contributed by atoms with Gasteiger partial charge in [0.15, 0.2) is 0 Å². The lowest BCUT2D eigenvalue weighted by Gasteiger charge is -2.13. The van der Waals surface area contributed by atoms with Crippen LogP contribution in [0.25, 0.3) is 0 Å². The molecule has 1 aliphatic carbocycles. The van der Waals surface area contributed by atoms with Gasteiger partial charge in [0.25, 0.3) is 0 Å². The summed E-state index contributed by atoms with van der Waals surface area (Å²) in [5, 5.41) is 3.28. The summed E-state index contributed by atoms with van der Waals surface area (Å²) in [5.74, 6) is 0.553. The second-order valence-electron chi connectivity index (χ2n) is 14.8. The molecule has 1 rings (SSSR count). The van der Waals surface area contributed by atoms with Crippen LogP contribution in [-0.4, -0.2) is 6.54 Å². The highest BCUT2D eigenvalue weighted by Gasteiger charge is 2.09. The van der Waals surface area contributed by atoms with E-state index in [9.17, 15) is 4.91 Å². The Hall–Kier alpha value is -0.400. The van der Waals surface area contributed by atoms with Gasteiger partial charge in [-0.1, -0.05) is 243 Å². The summed E-state index contributed by atoms with van der Waals surface area (Å²) in [4.78, 5) is 10.9. The molecule has 0 atom stereocenters. The maximum Gasteiger partial charge on any atom is 0.0839 e. The van der Waals surface area contributed by atoms with E-state index in [2.05, 4.69) is 5.18 Å². The minimum absolute atomic E-state index is 0.553. The van der Waals surface area contributed by atoms with Crippen molar-refractivity contribution in [3.05, 3.63) is 4.91 Å². The lowest BCUT2D eigenvalue weighted by molar-refractivity contribution is 0.409. The highest BCUT2D eigenvalue weighted by atomic mass is 16.3. The maximum atomic E-state index is 10.9. The van der Waals surface area contributed by atoms with Crippen molar-refractivity contribution in [3.63, 3.8) is 0 Å². The summed E-state index contributed by atoms with van der Waals surface area (Å²) in [6, 6.07) is 0. The predicted molar refractivity (Wildman–Crippen MR) is 194 cm³/mol. The molecule has 0 aromatic carbocycles. The fourth-order valence-electron chi connectivity index (χ4n) is 7.49. The molecule has 43 heavy (non-hydrogen) atoms. The second kappa shape index (κ2) is 36.1. The molecule has 0 N–H and O–H groups in total. The van der Waals surface area contributed by atoms with Gasteiger partial charge in [0.2, 0.25) is 0 Å².